The molecule has 0 radical (unpaired) electrons. The average molecular weight is 232 g/mol. The molecule has 17 heavy (non-hydrogen) atoms. The Bertz CT molecular complexity index is 400. The molecule has 1 fully saturated rings. The SMILES string of the molecule is CNC1(c2ccc(C)c(C)c2)CCCN(C)C1. The lowest BCUT2D eigenvalue weighted by atomic mass is 9.81. The second-order valence-electron chi connectivity index (χ2n) is 5.47. The number of benzene rings is 1. The van der Waals surface area contributed by atoms with Gasteiger partial charge in [-0.3, -0.25) is 0 Å². The summed E-state index contributed by atoms with van der Waals surface area (Å²) in [6.07, 6.45) is 2.50. The summed E-state index contributed by atoms with van der Waals surface area (Å²) < 4.78 is 0. The first-order valence-corrected chi connectivity index (χ1v) is 6.52. The van der Waals surface area contributed by atoms with Gasteiger partial charge in [0.1, 0.15) is 0 Å². The van der Waals surface area contributed by atoms with Gasteiger partial charge in [-0.2, -0.15) is 0 Å². The fourth-order valence-electron chi connectivity index (χ4n) is 2.89. The fraction of sp³-hybridized carbons (Fsp3) is 0.600. The number of nitrogens with one attached hydrogen (secondary N) is 1. The highest BCUT2D eigenvalue weighted by molar-refractivity contribution is 5.35. The molecule has 94 valence electrons. The van der Waals surface area contributed by atoms with Gasteiger partial charge in [0.05, 0.1) is 5.54 Å². The van der Waals surface area contributed by atoms with Crippen molar-refractivity contribution in [3.8, 4) is 0 Å². The van der Waals surface area contributed by atoms with Crippen molar-refractivity contribution in [1.82, 2.24) is 10.2 Å². The van der Waals surface area contributed by atoms with E-state index in [0.717, 1.165) is 6.54 Å². The maximum atomic E-state index is 3.57. The maximum Gasteiger partial charge on any atom is 0.0561 e. The van der Waals surface area contributed by atoms with Gasteiger partial charge >= 0.3 is 0 Å². The molecule has 0 spiro atoms. The molecule has 1 saturated heterocycles. The molecular formula is C15H24N2. The highest BCUT2D eigenvalue weighted by Crippen LogP contribution is 2.31. The van der Waals surface area contributed by atoms with Gasteiger partial charge in [0.25, 0.3) is 0 Å². The Morgan fingerprint density at radius 3 is 2.59 bits per heavy atom. The molecule has 1 aliphatic heterocycles. The van der Waals surface area contributed by atoms with E-state index in [1.54, 1.807) is 0 Å². The molecule has 1 unspecified atom stereocenters. The first-order chi connectivity index (χ1) is 8.07. The van der Waals surface area contributed by atoms with E-state index in [-0.39, 0.29) is 5.54 Å². The van der Waals surface area contributed by atoms with Crippen LogP contribution >= 0.6 is 0 Å². The predicted molar refractivity (Wildman–Crippen MR) is 73.4 cm³/mol. The summed E-state index contributed by atoms with van der Waals surface area (Å²) in [5.41, 5.74) is 4.36. The average Bonchev–Trinajstić information content (AvgIpc) is 2.32. The molecule has 2 heteroatoms. The van der Waals surface area contributed by atoms with Crippen molar-refractivity contribution >= 4 is 0 Å². The van der Waals surface area contributed by atoms with Gasteiger partial charge in [0.15, 0.2) is 0 Å². The molecule has 0 bridgehead atoms. The number of hydrogen-bond donors (Lipinski definition) is 1. The van der Waals surface area contributed by atoms with Gasteiger partial charge in [0.2, 0.25) is 0 Å². The zero-order chi connectivity index (χ0) is 12.5. The van der Waals surface area contributed by atoms with E-state index in [1.165, 1.54) is 36.1 Å². The molecule has 1 aromatic rings. The smallest absolute Gasteiger partial charge is 0.0561 e. The van der Waals surface area contributed by atoms with E-state index >= 15 is 0 Å². The Balaban J connectivity index is 2.36. The van der Waals surface area contributed by atoms with Crippen LogP contribution in [0.3, 0.4) is 0 Å². The zero-order valence-corrected chi connectivity index (χ0v) is 11.5. The van der Waals surface area contributed by atoms with Crippen molar-refractivity contribution in [2.45, 2.75) is 32.2 Å². The van der Waals surface area contributed by atoms with E-state index in [2.05, 4.69) is 56.4 Å². The normalized spacial score (nSPS) is 26.1. The van der Waals surface area contributed by atoms with Gasteiger partial charge in [-0.05, 0) is 64.0 Å². The third kappa shape index (κ3) is 2.38. The zero-order valence-electron chi connectivity index (χ0n) is 11.5. The Hall–Kier alpha value is -0.860. The lowest BCUT2D eigenvalue weighted by Gasteiger charge is -2.42. The molecule has 0 amide bonds. The quantitative estimate of drug-likeness (QED) is 0.842. The molecule has 0 saturated carbocycles. The van der Waals surface area contributed by atoms with E-state index in [9.17, 15) is 0 Å². The Morgan fingerprint density at radius 1 is 1.24 bits per heavy atom. The molecule has 2 nitrogen and oxygen atoms in total. The highest BCUT2D eigenvalue weighted by atomic mass is 15.2. The van der Waals surface area contributed by atoms with Crippen LogP contribution in [0.1, 0.15) is 29.5 Å². The first-order valence-electron chi connectivity index (χ1n) is 6.52. The summed E-state index contributed by atoms with van der Waals surface area (Å²) in [5.74, 6) is 0. The number of piperidine rings is 1. The van der Waals surface area contributed by atoms with Crippen LogP contribution in [0.4, 0.5) is 0 Å². The van der Waals surface area contributed by atoms with Crippen molar-refractivity contribution in [2.75, 3.05) is 27.2 Å². The van der Waals surface area contributed by atoms with Gasteiger partial charge < -0.3 is 10.2 Å². The Labute approximate surface area is 105 Å². The number of likely N-dealkylation sites (tertiary alicyclic amines) is 1. The summed E-state index contributed by atoms with van der Waals surface area (Å²) in [7, 11) is 4.31. The van der Waals surface area contributed by atoms with E-state index < -0.39 is 0 Å². The minimum atomic E-state index is 0.144. The summed E-state index contributed by atoms with van der Waals surface area (Å²) in [6.45, 7) is 6.70. The van der Waals surface area contributed by atoms with Crippen molar-refractivity contribution in [3.05, 3.63) is 34.9 Å². The topological polar surface area (TPSA) is 15.3 Å². The lowest BCUT2D eigenvalue weighted by molar-refractivity contribution is 0.152. The van der Waals surface area contributed by atoms with E-state index in [1.807, 2.05) is 0 Å². The second-order valence-corrected chi connectivity index (χ2v) is 5.47. The highest BCUT2D eigenvalue weighted by Gasteiger charge is 2.34. The van der Waals surface area contributed by atoms with Crippen LogP contribution in [-0.2, 0) is 5.54 Å². The first kappa shape index (κ1) is 12.6. The van der Waals surface area contributed by atoms with E-state index in [4.69, 9.17) is 0 Å². The maximum absolute atomic E-state index is 3.57. The molecule has 1 heterocycles. The molecule has 1 aromatic carbocycles. The third-order valence-electron chi connectivity index (χ3n) is 4.22. The molecule has 1 atom stereocenters. The molecular weight excluding hydrogens is 208 g/mol. The number of hydrogen-bond acceptors (Lipinski definition) is 2. The summed E-state index contributed by atoms with van der Waals surface area (Å²) in [4.78, 5) is 2.43. The van der Waals surface area contributed by atoms with Crippen molar-refractivity contribution in [2.24, 2.45) is 0 Å². The van der Waals surface area contributed by atoms with Gasteiger partial charge in [-0.15, -0.1) is 0 Å². The minimum Gasteiger partial charge on any atom is -0.309 e. The van der Waals surface area contributed by atoms with Gasteiger partial charge in [-0.1, -0.05) is 18.2 Å². The van der Waals surface area contributed by atoms with Crippen molar-refractivity contribution in [3.63, 3.8) is 0 Å². The third-order valence-corrected chi connectivity index (χ3v) is 4.22. The van der Waals surface area contributed by atoms with Crippen molar-refractivity contribution in [1.29, 1.82) is 0 Å². The molecule has 0 aliphatic carbocycles. The number of nitrogens with zero attached hydrogens (tertiary/aromatic N) is 1. The number of rotatable bonds is 2. The number of aryl methyl sites for hydroxylation is 2. The van der Waals surface area contributed by atoms with E-state index in [0.29, 0.717) is 0 Å². The molecule has 1 N–H and O–H groups in total. The summed E-state index contributed by atoms with van der Waals surface area (Å²) in [6, 6.07) is 6.89. The molecule has 1 aliphatic rings. The molecule has 2 rings (SSSR count). The van der Waals surface area contributed by atoms with Gasteiger partial charge in [0, 0.05) is 6.54 Å². The van der Waals surface area contributed by atoms with Crippen LogP contribution < -0.4 is 5.32 Å². The van der Waals surface area contributed by atoms with Crippen LogP contribution in [0.25, 0.3) is 0 Å². The van der Waals surface area contributed by atoms with Crippen LogP contribution in [0, 0.1) is 13.8 Å². The van der Waals surface area contributed by atoms with Crippen molar-refractivity contribution < 1.29 is 0 Å². The summed E-state index contributed by atoms with van der Waals surface area (Å²) >= 11 is 0. The summed E-state index contributed by atoms with van der Waals surface area (Å²) in [5, 5.41) is 3.57. The Kier molecular flexibility index (Phi) is 3.55. The largest absolute Gasteiger partial charge is 0.309 e. The predicted octanol–water partition coefficient (Wildman–Crippen LogP) is 2.44. The van der Waals surface area contributed by atoms with Crippen LogP contribution in [0.5, 0.6) is 0 Å². The van der Waals surface area contributed by atoms with Gasteiger partial charge in [-0.25, -0.2) is 0 Å². The van der Waals surface area contributed by atoms with Crippen LogP contribution in [0.15, 0.2) is 18.2 Å². The standard InChI is InChI=1S/C15H24N2/c1-12-6-7-14(10-13(12)2)15(16-3)8-5-9-17(4)11-15/h6-7,10,16H,5,8-9,11H2,1-4H3. The van der Waals surface area contributed by atoms with Crippen LogP contribution in [0.2, 0.25) is 0 Å². The molecule has 0 aromatic heterocycles. The minimum absolute atomic E-state index is 0.144. The second kappa shape index (κ2) is 4.79. The monoisotopic (exact) mass is 232 g/mol. The Morgan fingerprint density at radius 2 is 2.00 bits per heavy atom. The number of likely N-dealkylation sites (N-methyl/N-ethyl adjacent to an activating group) is 2. The fourth-order valence-corrected chi connectivity index (χ4v) is 2.89. The van der Waals surface area contributed by atoms with Crippen LogP contribution in [-0.4, -0.2) is 32.1 Å². The lowest BCUT2D eigenvalue weighted by Crippen LogP contribution is -2.52.